The largest absolute Gasteiger partial charge is 0.492 e. The van der Waals surface area contributed by atoms with Gasteiger partial charge < -0.3 is 14.6 Å². The van der Waals surface area contributed by atoms with Crippen LogP contribution in [0.1, 0.15) is 78.4 Å². The summed E-state index contributed by atoms with van der Waals surface area (Å²) in [6, 6.07) is 8.65. The van der Waals surface area contributed by atoms with Gasteiger partial charge >= 0.3 is 7.12 Å². The van der Waals surface area contributed by atoms with Crippen LogP contribution in [0.4, 0.5) is 0 Å². The van der Waals surface area contributed by atoms with Crippen molar-refractivity contribution >= 4 is 19.1 Å². The van der Waals surface area contributed by atoms with E-state index in [9.17, 15) is 4.79 Å². The van der Waals surface area contributed by atoms with Gasteiger partial charge in [0.2, 0.25) is 5.91 Å². The second-order valence-corrected chi connectivity index (χ2v) is 8.77. The number of nitrogens with one attached hydrogen (secondary N) is 1. The average molecular weight is 385 g/mol. The van der Waals surface area contributed by atoms with Gasteiger partial charge in [0, 0.05) is 13.5 Å². The molecule has 1 aromatic carbocycles. The molecule has 1 saturated heterocycles. The fourth-order valence-corrected chi connectivity index (χ4v) is 3.17. The minimum atomic E-state index is -0.467. The van der Waals surface area contributed by atoms with Crippen molar-refractivity contribution in [2.45, 2.75) is 84.8 Å². The summed E-state index contributed by atoms with van der Waals surface area (Å²) < 4.78 is 12.4. The molecule has 0 aliphatic carbocycles. The molecule has 1 aliphatic heterocycles. The standard InChI is InChI=1S/C23H36BNO3/c1-7-8-9-10-11-19-12-14-20(15-13-19)16-21(17-25-18(2)26)24-27-22(3,4)23(5,6)28-24/h12-16H,7-11,17H2,1-6H3,(H,25,26). The maximum Gasteiger partial charge on any atom is 0.492 e. The molecular formula is C23H36BNO3. The number of carbonyl (C=O) groups is 1. The molecular weight excluding hydrogens is 349 g/mol. The van der Waals surface area contributed by atoms with E-state index in [1.165, 1.54) is 38.2 Å². The van der Waals surface area contributed by atoms with Gasteiger partial charge in [0.1, 0.15) is 0 Å². The zero-order chi connectivity index (χ0) is 20.8. The first-order chi connectivity index (χ1) is 13.1. The van der Waals surface area contributed by atoms with Gasteiger partial charge in [0.05, 0.1) is 11.2 Å². The Morgan fingerprint density at radius 2 is 1.64 bits per heavy atom. The molecule has 0 saturated carbocycles. The van der Waals surface area contributed by atoms with E-state index in [0.717, 1.165) is 17.5 Å². The van der Waals surface area contributed by atoms with Crippen molar-refractivity contribution in [1.29, 1.82) is 0 Å². The molecule has 5 heteroatoms. The van der Waals surface area contributed by atoms with E-state index in [2.05, 4.69) is 42.6 Å². The van der Waals surface area contributed by atoms with E-state index >= 15 is 0 Å². The van der Waals surface area contributed by atoms with Crippen LogP contribution in [0.25, 0.3) is 6.08 Å². The lowest BCUT2D eigenvalue weighted by Gasteiger charge is -2.32. The third kappa shape index (κ3) is 6.21. The van der Waals surface area contributed by atoms with Gasteiger partial charge in [-0.3, -0.25) is 4.79 Å². The van der Waals surface area contributed by atoms with E-state index in [1.807, 2.05) is 27.7 Å². The number of aryl methyl sites for hydroxylation is 1. The van der Waals surface area contributed by atoms with Crippen molar-refractivity contribution in [3.8, 4) is 0 Å². The van der Waals surface area contributed by atoms with E-state index in [4.69, 9.17) is 9.31 Å². The number of hydrogen-bond donors (Lipinski definition) is 1. The molecule has 1 fully saturated rings. The van der Waals surface area contributed by atoms with Crippen molar-refractivity contribution in [2.75, 3.05) is 6.54 Å². The van der Waals surface area contributed by atoms with Gasteiger partial charge in [0.15, 0.2) is 0 Å². The summed E-state index contributed by atoms with van der Waals surface area (Å²) in [6.45, 7) is 12.3. The Balaban J connectivity index is 2.12. The second kappa shape index (κ2) is 9.75. The van der Waals surface area contributed by atoms with Crippen LogP contribution in [-0.2, 0) is 20.5 Å². The zero-order valence-electron chi connectivity index (χ0n) is 18.4. The van der Waals surface area contributed by atoms with Crippen LogP contribution in [0.2, 0.25) is 0 Å². The maximum absolute atomic E-state index is 11.4. The fourth-order valence-electron chi connectivity index (χ4n) is 3.17. The van der Waals surface area contributed by atoms with Gasteiger partial charge in [-0.05, 0) is 57.1 Å². The normalized spacial score (nSPS) is 18.4. The van der Waals surface area contributed by atoms with Crippen molar-refractivity contribution < 1.29 is 14.1 Å². The molecule has 0 atom stereocenters. The molecule has 1 aliphatic rings. The minimum absolute atomic E-state index is 0.0650. The first-order valence-corrected chi connectivity index (χ1v) is 10.5. The molecule has 0 radical (unpaired) electrons. The highest BCUT2D eigenvalue weighted by Crippen LogP contribution is 2.38. The fraction of sp³-hybridized carbons (Fsp3) is 0.609. The molecule has 1 heterocycles. The Hall–Kier alpha value is -1.59. The predicted octanol–water partition coefficient (Wildman–Crippen LogP) is 4.96. The summed E-state index contributed by atoms with van der Waals surface area (Å²) in [5.41, 5.74) is 2.56. The number of amides is 1. The average Bonchev–Trinajstić information content (AvgIpc) is 2.84. The van der Waals surface area contributed by atoms with Gasteiger partial charge in [-0.2, -0.15) is 0 Å². The molecule has 1 amide bonds. The van der Waals surface area contributed by atoms with Gasteiger partial charge in [0.25, 0.3) is 0 Å². The molecule has 0 unspecified atom stereocenters. The molecule has 4 nitrogen and oxygen atoms in total. The number of hydrogen-bond acceptors (Lipinski definition) is 3. The Bertz CT molecular complexity index is 664. The topological polar surface area (TPSA) is 47.6 Å². The van der Waals surface area contributed by atoms with Crippen molar-refractivity contribution in [3.63, 3.8) is 0 Å². The quantitative estimate of drug-likeness (QED) is 0.483. The number of unbranched alkanes of at least 4 members (excludes halogenated alkanes) is 3. The summed E-state index contributed by atoms with van der Waals surface area (Å²) >= 11 is 0. The summed E-state index contributed by atoms with van der Waals surface area (Å²) in [6.07, 6.45) is 8.30. The molecule has 0 bridgehead atoms. The first-order valence-electron chi connectivity index (χ1n) is 10.5. The number of benzene rings is 1. The Kier molecular flexibility index (Phi) is 7.91. The first kappa shape index (κ1) is 22.7. The Labute approximate surface area is 171 Å². The van der Waals surface area contributed by atoms with Gasteiger partial charge in [-0.1, -0.05) is 56.5 Å². The van der Waals surface area contributed by atoms with Crippen LogP contribution in [0.15, 0.2) is 29.7 Å². The van der Waals surface area contributed by atoms with Crippen LogP contribution >= 0.6 is 0 Å². The molecule has 28 heavy (non-hydrogen) atoms. The summed E-state index contributed by atoms with van der Waals surface area (Å²) in [7, 11) is -0.467. The highest BCUT2D eigenvalue weighted by Gasteiger charge is 2.52. The number of carbonyl (C=O) groups excluding carboxylic acids is 1. The molecule has 1 N–H and O–H groups in total. The Morgan fingerprint density at radius 1 is 1.04 bits per heavy atom. The SMILES string of the molecule is CCCCCCc1ccc(C=C(CNC(C)=O)B2OC(C)(C)C(C)(C)O2)cc1. The highest BCUT2D eigenvalue weighted by atomic mass is 16.7. The van der Waals surface area contributed by atoms with Crippen LogP contribution in [-0.4, -0.2) is 30.8 Å². The smallest absolute Gasteiger partial charge is 0.400 e. The van der Waals surface area contributed by atoms with Crippen molar-refractivity contribution in [3.05, 3.63) is 40.9 Å². The van der Waals surface area contributed by atoms with Crippen molar-refractivity contribution in [1.82, 2.24) is 5.32 Å². The van der Waals surface area contributed by atoms with Crippen LogP contribution in [0.3, 0.4) is 0 Å². The molecule has 1 aromatic rings. The summed E-state index contributed by atoms with van der Waals surface area (Å²) in [5, 5.41) is 2.88. The van der Waals surface area contributed by atoms with Crippen LogP contribution in [0, 0.1) is 0 Å². The van der Waals surface area contributed by atoms with E-state index < -0.39 is 18.3 Å². The maximum atomic E-state index is 11.4. The molecule has 154 valence electrons. The predicted molar refractivity (Wildman–Crippen MR) is 117 cm³/mol. The van der Waals surface area contributed by atoms with Crippen LogP contribution in [0.5, 0.6) is 0 Å². The molecule has 2 rings (SSSR count). The van der Waals surface area contributed by atoms with E-state index in [1.54, 1.807) is 0 Å². The van der Waals surface area contributed by atoms with E-state index in [-0.39, 0.29) is 5.91 Å². The van der Waals surface area contributed by atoms with Crippen molar-refractivity contribution in [2.24, 2.45) is 0 Å². The summed E-state index contributed by atoms with van der Waals surface area (Å²) in [4.78, 5) is 11.4. The lowest BCUT2D eigenvalue weighted by atomic mass is 9.77. The number of rotatable bonds is 9. The zero-order valence-corrected chi connectivity index (χ0v) is 18.4. The lowest BCUT2D eigenvalue weighted by molar-refractivity contribution is -0.118. The van der Waals surface area contributed by atoms with E-state index in [0.29, 0.717) is 6.54 Å². The lowest BCUT2D eigenvalue weighted by Crippen LogP contribution is -2.41. The third-order valence-corrected chi connectivity index (χ3v) is 5.75. The highest BCUT2D eigenvalue weighted by molar-refractivity contribution is 6.56. The second-order valence-electron chi connectivity index (χ2n) is 8.77. The van der Waals surface area contributed by atoms with Gasteiger partial charge in [-0.15, -0.1) is 0 Å². The third-order valence-electron chi connectivity index (χ3n) is 5.75. The molecule has 0 spiro atoms. The Morgan fingerprint density at radius 3 is 2.18 bits per heavy atom. The monoisotopic (exact) mass is 385 g/mol. The van der Waals surface area contributed by atoms with Crippen LogP contribution < -0.4 is 5.32 Å². The molecule has 0 aromatic heterocycles. The summed E-state index contributed by atoms with van der Waals surface area (Å²) in [5.74, 6) is -0.0650. The van der Waals surface area contributed by atoms with Gasteiger partial charge in [-0.25, -0.2) is 0 Å². The minimum Gasteiger partial charge on any atom is -0.400 e.